The van der Waals surface area contributed by atoms with Crippen LogP contribution in [0.2, 0.25) is 0 Å². The summed E-state index contributed by atoms with van der Waals surface area (Å²) < 4.78 is 0. The highest BCUT2D eigenvalue weighted by Crippen LogP contribution is 2.49. The van der Waals surface area contributed by atoms with Crippen LogP contribution in [0.25, 0.3) is 0 Å². The Morgan fingerprint density at radius 3 is 2.62 bits per heavy atom. The molecule has 0 saturated heterocycles. The molecule has 2 fully saturated rings. The second kappa shape index (κ2) is 5.50. The topological polar surface area (TPSA) is 32.3 Å². The average molecular weight is 225 g/mol. The predicted molar refractivity (Wildman–Crippen MR) is 67.5 cm³/mol. The third-order valence-corrected chi connectivity index (χ3v) is 4.46. The SMILES string of the molecule is CCCC1(CNC2CCCCCC2O)CC1. The first-order chi connectivity index (χ1) is 7.76. The molecule has 2 nitrogen and oxygen atoms in total. The molecule has 0 spiro atoms. The zero-order chi connectivity index (χ0) is 11.4. The molecule has 0 aliphatic heterocycles. The molecule has 94 valence electrons. The summed E-state index contributed by atoms with van der Waals surface area (Å²) in [6.07, 6.45) is 11.3. The monoisotopic (exact) mass is 225 g/mol. The number of hydrogen-bond acceptors (Lipinski definition) is 2. The van der Waals surface area contributed by atoms with Crippen LogP contribution >= 0.6 is 0 Å². The quantitative estimate of drug-likeness (QED) is 0.705. The fraction of sp³-hybridized carbons (Fsp3) is 1.00. The van der Waals surface area contributed by atoms with Crippen molar-refractivity contribution in [1.29, 1.82) is 0 Å². The van der Waals surface area contributed by atoms with Crippen molar-refractivity contribution in [2.24, 2.45) is 5.41 Å². The maximum Gasteiger partial charge on any atom is 0.0693 e. The molecule has 2 saturated carbocycles. The highest BCUT2D eigenvalue weighted by Gasteiger charge is 2.41. The molecule has 2 unspecified atom stereocenters. The van der Waals surface area contributed by atoms with Crippen LogP contribution in [0.5, 0.6) is 0 Å². The van der Waals surface area contributed by atoms with Crippen LogP contribution in [0.15, 0.2) is 0 Å². The Morgan fingerprint density at radius 1 is 1.19 bits per heavy atom. The second-order valence-corrected chi connectivity index (χ2v) is 5.94. The first-order valence-corrected chi connectivity index (χ1v) is 7.17. The van der Waals surface area contributed by atoms with Gasteiger partial charge in [0.05, 0.1) is 6.10 Å². The Balaban J connectivity index is 1.75. The van der Waals surface area contributed by atoms with E-state index in [1.165, 1.54) is 51.4 Å². The van der Waals surface area contributed by atoms with Gasteiger partial charge in [0.1, 0.15) is 0 Å². The number of nitrogens with one attached hydrogen (secondary N) is 1. The Morgan fingerprint density at radius 2 is 1.94 bits per heavy atom. The van der Waals surface area contributed by atoms with Crippen LogP contribution in [0, 0.1) is 5.41 Å². The smallest absolute Gasteiger partial charge is 0.0693 e. The molecule has 0 aromatic carbocycles. The number of aliphatic hydroxyl groups is 1. The maximum atomic E-state index is 10.0. The van der Waals surface area contributed by atoms with Crippen molar-refractivity contribution in [2.75, 3.05) is 6.54 Å². The Bertz CT molecular complexity index is 213. The van der Waals surface area contributed by atoms with Crippen molar-refractivity contribution in [3.05, 3.63) is 0 Å². The molecule has 0 amide bonds. The van der Waals surface area contributed by atoms with Crippen molar-refractivity contribution >= 4 is 0 Å². The minimum absolute atomic E-state index is 0.0973. The van der Waals surface area contributed by atoms with Crippen LogP contribution in [-0.2, 0) is 0 Å². The zero-order valence-electron chi connectivity index (χ0n) is 10.7. The molecule has 2 atom stereocenters. The van der Waals surface area contributed by atoms with Crippen molar-refractivity contribution in [1.82, 2.24) is 5.32 Å². The van der Waals surface area contributed by atoms with E-state index < -0.39 is 0 Å². The fourth-order valence-corrected chi connectivity index (χ4v) is 3.10. The van der Waals surface area contributed by atoms with Gasteiger partial charge in [-0.1, -0.05) is 32.6 Å². The van der Waals surface area contributed by atoms with E-state index in [1.807, 2.05) is 0 Å². The molecular weight excluding hydrogens is 198 g/mol. The summed E-state index contributed by atoms with van der Waals surface area (Å²) in [7, 11) is 0. The Labute approximate surface area is 99.8 Å². The molecule has 0 radical (unpaired) electrons. The van der Waals surface area contributed by atoms with Crippen LogP contribution in [0.1, 0.15) is 64.7 Å². The van der Waals surface area contributed by atoms with E-state index in [0.29, 0.717) is 11.5 Å². The Kier molecular flexibility index (Phi) is 4.26. The van der Waals surface area contributed by atoms with E-state index >= 15 is 0 Å². The van der Waals surface area contributed by atoms with Crippen LogP contribution in [0.3, 0.4) is 0 Å². The second-order valence-electron chi connectivity index (χ2n) is 5.94. The highest BCUT2D eigenvalue weighted by molar-refractivity contribution is 4.95. The molecule has 2 aliphatic carbocycles. The van der Waals surface area contributed by atoms with Gasteiger partial charge in [0.25, 0.3) is 0 Å². The minimum Gasteiger partial charge on any atom is -0.392 e. The van der Waals surface area contributed by atoms with Gasteiger partial charge >= 0.3 is 0 Å². The van der Waals surface area contributed by atoms with Gasteiger partial charge in [0.15, 0.2) is 0 Å². The molecule has 2 N–H and O–H groups in total. The van der Waals surface area contributed by atoms with E-state index in [4.69, 9.17) is 0 Å². The zero-order valence-corrected chi connectivity index (χ0v) is 10.7. The van der Waals surface area contributed by atoms with Gasteiger partial charge in [0, 0.05) is 12.6 Å². The van der Waals surface area contributed by atoms with E-state index in [9.17, 15) is 5.11 Å². The summed E-state index contributed by atoms with van der Waals surface area (Å²) in [6, 6.07) is 0.372. The van der Waals surface area contributed by atoms with E-state index in [1.54, 1.807) is 0 Å². The maximum absolute atomic E-state index is 10.0. The molecule has 2 rings (SSSR count). The van der Waals surface area contributed by atoms with Crippen molar-refractivity contribution < 1.29 is 5.11 Å². The molecule has 0 bridgehead atoms. The molecule has 16 heavy (non-hydrogen) atoms. The summed E-state index contributed by atoms with van der Waals surface area (Å²) in [5.74, 6) is 0. The van der Waals surface area contributed by atoms with E-state index in [2.05, 4.69) is 12.2 Å². The molecule has 0 aromatic rings. The predicted octanol–water partition coefficient (Wildman–Crippen LogP) is 2.85. The lowest BCUT2D eigenvalue weighted by Gasteiger charge is -2.25. The number of hydrogen-bond donors (Lipinski definition) is 2. The van der Waals surface area contributed by atoms with Gasteiger partial charge < -0.3 is 10.4 Å². The summed E-state index contributed by atoms with van der Waals surface area (Å²) in [5, 5.41) is 13.7. The van der Waals surface area contributed by atoms with Crippen molar-refractivity contribution in [3.8, 4) is 0 Å². The lowest BCUT2D eigenvalue weighted by Crippen LogP contribution is -2.41. The highest BCUT2D eigenvalue weighted by atomic mass is 16.3. The number of aliphatic hydroxyl groups excluding tert-OH is 1. The summed E-state index contributed by atoms with van der Waals surface area (Å²) >= 11 is 0. The normalized spacial score (nSPS) is 33.4. The standard InChI is InChI=1S/C14H27NO/c1-2-8-14(9-10-14)11-15-12-6-4-3-5-7-13(12)16/h12-13,15-16H,2-11H2,1H3. The molecule has 2 heteroatoms. The fourth-order valence-electron chi connectivity index (χ4n) is 3.10. The summed E-state index contributed by atoms with van der Waals surface area (Å²) in [6.45, 7) is 3.42. The van der Waals surface area contributed by atoms with Gasteiger partial charge in [-0.05, 0) is 37.5 Å². The lowest BCUT2D eigenvalue weighted by molar-refractivity contribution is 0.116. The third-order valence-electron chi connectivity index (χ3n) is 4.46. The van der Waals surface area contributed by atoms with E-state index in [0.717, 1.165) is 13.0 Å². The summed E-state index contributed by atoms with van der Waals surface area (Å²) in [5.41, 5.74) is 0.612. The third kappa shape index (κ3) is 3.21. The molecule has 0 heterocycles. The van der Waals surface area contributed by atoms with Gasteiger partial charge in [-0.15, -0.1) is 0 Å². The largest absolute Gasteiger partial charge is 0.392 e. The molecular formula is C14H27NO. The van der Waals surface area contributed by atoms with Crippen molar-refractivity contribution in [3.63, 3.8) is 0 Å². The van der Waals surface area contributed by atoms with Crippen LogP contribution < -0.4 is 5.32 Å². The lowest BCUT2D eigenvalue weighted by atomic mass is 9.99. The van der Waals surface area contributed by atoms with Gasteiger partial charge in [-0.2, -0.15) is 0 Å². The minimum atomic E-state index is -0.0973. The summed E-state index contributed by atoms with van der Waals surface area (Å²) in [4.78, 5) is 0. The van der Waals surface area contributed by atoms with Crippen molar-refractivity contribution in [2.45, 2.75) is 76.9 Å². The molecule has 2 aliphatic rings. The Hall–Kier alpha value is -0.0800. The van der Waals surface area contributed by atoms with Gasteiger partial charge in [0.2, 0.25) is 0 Å². The molecule has 0 aromatic heterocycles. The van der Waals surface area contributed by atoms with E-state index in [-0.39, 0.29) is 6.10 Å². The van der Waals surface area contributed by atoms with Gasteiger partial charge in [-0.3, -0.25) is 0 Å². The average Bonchev–Trinajstić information content (AvgIpc) is 3.03. The number of rotatable bonds is 5. The first kappa shape index (κ1) is 12.4. The van der Waals surface area contributed by atoms with Crippen LogP contribution in [-0.4, -0.2) is 23.8 Å². The first-order valence-electron chi connectivity index (χ1n) is 7.17. The van der Waals surface area contributed by atoms with Gasteiger partial charge in [-0.25, -0.2) is 0 Å². The van der Waals surface area contributed by atoms with Crippen LogP contribution in [0.4, 0.5) is 0 Å².